The van der Waals surface area contributed by atoms with Gasteiger partial charge in [0.25, 0.3) is 0 Å². The third-order valence-electron chi connectivity index (χ3n) is 4.68. The van der Waals surface area contributed by atoms with E-state index in [1.54, 1.807) is 11.3 Å². The van der Waals surface area contributed by atoms with E-state index in [2.05, 4.69) is 43.4 Å². The maximum absolute atomic E-state index is 4.73. The Morgan fingerprint density at radius 2 is 2.22 bits per heavy atom. The van der Waals surface area contributed by atoms with Crippen molar-refractivity contribution in [3.63, 3.8) is 0 Å². The van der Waals surface area contributed by atoms with Crippen LogP contribution in [0.2, 0.25) is 0 Å². The average molecular weight is 382 g/mol. The highest BCUT2D eigenvalue weighted by Crippen LogP contribution is 2.33. The number of likely N-dealkylation sites (tertiary alicyclic amines) is 1. The molecule has 1 fully saturated rings. The first-order valence-electron chi connectivity index (χ1n) is 9.29. The Hall–Kier alpha value is -2.45. The van der Waals surface area contributed by atoms with Crippen LogP contribution in [0.4, 0.5) is 10.9 Å². The van der Waals surface area contributed by atoms with Gasteiger partial charge in [-0.25, -0.2) is 9.97 Å². The number of nitrogens with one attached hydrogen (secondary N) is 1. The summed E-state index contributed by atoms with van der Waals surface area (Å²) in [6.07, 6.45) is 6.92. The molecule has 1 saturated heterocycles. The molecule has 1 atom stereocenters. The van der Waals surface area contributed by atoms with E-state index in [0.717, 1.165) is 53.4 Å². The minimum atomic E-state index is 0.299. The average Bonchev–Trinajstić information content (AvgIpc) is 3.31. The number of hydrogen-bond acceptors (Lipinski definition) is 8. The lowest BCUT2D eigenvalue weighted by Crippen LogP contribution is -2.24. The molecule has 0 aliphatic carbocycles. The van der Waals surface area contributed by atoms with Crippen LogP contribution in [0.15, 0.2) is 30.6 Å². The Labute approximate surface area is 162 Å². The third-order valence-corrected chi connectivity index (χ3v) is 5.66. The molecule has 7 nitrogen and oxygen atoms in total. The van der Waals surface area contributed by atoms with Gasteiger partial charge in [0.2, 0.25) is 5.13 Å². The molecule has 0 saturated carbocycles. The van der Waals surface area contributed by atoms with Gasteiger partial charge in [-0.2, -0.15) is 0 Å². The Kier molecular flexibility index (Phi) is 5.35. The van der Waals surface area contributed by atoms with Crippen LogP contribution < -0.4 is 5.32 Å². The van der Waals surface area contributed by atoms with Gasteiger partial charge >= 0.3 is 0 Å². The Morgan fingerprint density at radius 3 is 3.00 bits per heavy atom. The van der Waals surface area contributed by atoms with Crippen LogP contribution in [0.1, 0.15) is 47.9 Å². The highest BCUT2D eigenvalue weighted by molar-refractivity contribution is 7.15. The molecule has 0 unspecified atom stereocenters. The van der Waals surface area contributed by atoms with Crippen LogP contribution in [-0.4, -0.2) is 36.6 Å². The second-order valence-electron chi connectivity index (χ2n) is 6.69. The van der Waals surface area contributed by atoms with Crippen LogP contribution >= 0.6 is 11.3 Å². The van der Waals surface area contributed by atoms with E-state index in [1.165, 1.54) is 12.0 Å². The zero-order chi connectivity index (χ0) is 18.6. The van der Waals surface area contributed by atoms with Crippen molar-refractivity contribution in [2.75, 3.05) is 11.9 Å². The first-order chi connectivity index (χ1) is 13.2. The van der Waals surface area contributed by atoms with Gasteiger partial charge in [0.05, 0.1) is 11.7 Å². The quantitative estimate of drug-likeness (QED) is 0.698. The van der Waals surface area contributed by atoms with Crippen LogP contribution in [-0.2, 0) is 13.0 Å². The Morgan fingerprint density at radius 1 is 1.30 bits per heavy atom. The van der Waals surface area contributed by atoms with E-state index in [4.69, 9.17) is 4.98 Å². The summed E-state index contributed by atoms with van der Waals surface area (Å²) in [7, 11) is 0. The molecule has 0 radical (unpaired) electrons. The standard InChI is InChI=1S/C19H23N7S/c1-3-18-24-25-19(27-18)23-17-10-15(21-13(2)22-17)16-7-5-9-26(16)12-14-6-4-8-20-11-14/h4,6,8,10-11,16H,3,5,7,9,12H2,1-2H3,(H,21,22,23,25)/t16-/m0/s1. The maximum atomic E-state index is 4.73. The van der Waals surface area contributed by atoms with Gasteiger partial charge in [-0.15, -0.1) is 10.2 Å². The monoisotopic (exact) mass is 381 g/mol. The summed E-state index contributed by atoms with van der Waals surface area (Å²) in [5, 5.41) is 13.4. The summed E-state index contributed by atoms with van der Waals surface area (Å²) in [6, 6.07) is 6.46. The molecule has 4 heterocycles. The first-order valence-corrected chi connectivity index (χ1v) is 10.1. The molecule has 0 aromatic carbocycles. The lowest BCUT2D eigenvalue weighted by atomic mass is 10.1. The summed E-state index contributed by atoms with van der Waals surface area (Å²) in [4.78, 5) is 16.0. The molecule has 1 N–H and O–H groups in total. The summed E-state index contributed by atoms with van der Waals surface area (Å²) in [5.41, 5.74) is 2.29. The normalized spacial score (nSPS) is 17.3. The minimum absolute atomic E-state index is 0.299. The lowest BCUT2D eigenvalue weighted by molar-refractivity contribution is 0.244. The van der Waals surface area contributed by atoms with Gasteiger partial charge in [-0.3, -0.25) is 9.88 Å². The van der Waals surface area contributed by atoms with Crippen molar-refractivity contribution in [2.24, 2.45) is 0 Å². The number of nitrogens with zero attached hydrogens (tertiary/aromatic N) is 6. The molecule has 8 heteroatoms. The lowest BCUT2D eigenvalue weighted by Gasteiger charge is -2.24. The zero-order valence-electron chi connectivity index (χ0n) is 15.6. The van der Waals surface area contributed by atoms with E-state index in [1.807, 2.05) is 31.5 Å². The van der Waals surface area contributed by atoms with Gasteiger partial charge in [0, 0.05) is 25.0 Å². The smallest absolute Gasteiger partial charge is 0.211 e. The van der Waals surface area contributed by atoms with Gasteiger partial charge in [0.1, 0.15) is 16.6 Å². The largest absolute Gasteiger partial charge is 0.315 e. The predicted octanol–water partition coefficient (Wildman–Crippen LogP) is 3.67. The summed E-state index contributed by atoms with van der Waals surface area (Å²) >= 11 is 1.56. The van der Waals surface area contributed by atoms with Crippen molar-refractivity contribution in [3.05, 3.63) is 52.7 Å². The number of pyridine rings is 1. The molecule has 4 rings (SSSR count). The van der Waals surface area contributed by atoms with Crippen molar-refractivity contribution in [1.29, 1.82) is 0 Å². The van der Waals surface area contributed by atoms with Crippen molar-refractivity contribution >= 4 is 22.3 Å². The molecule has 0 bridgehead atoms. The molecule has 0 spiro atoms. The third kappa shape index (κ3) is 4.28. The summed E-state index contributed by atoms with van der Waals surface area (Å²) < 4.78 is 0. The molecular formula is C19H23N7S. The maximum Gasteiger partial charge on any atom is 0.211 e. The van der Waals surface area contributed by atoms with E-state index < -0.39 is 0 Å². The van der Waals surface area contributed by atoms with Gasteiger partial charge in [-0.1, -0.05) is 24.3 Å². The van der Waals surface area contributed by atoms with Crippen LogP contribution in [0, 0.1) is 6.92 Å². The topological polar surface area (TPSA) is 79.7 Å². The number of aromatic nitrogens is 5. The van der Waals surface area contributed by atoms with Crippen molar-refractivity contribution in [2.45, 2.75) is 45.7 Å². The molecular weight excluding hydrogens is 358 g/mol. The van der Waals surface area contributed by atoms with Gasteiger partial charge in [0.15, 0.2) is 0 Å². The summed E-state index contributed by atoms with van der Waals surface area (Å²) in [6.45, 7) is 5.98. The molecule has 3 aromatic rings. The number of hydrogen-bond donors (Lipinski definition) is 1. The minimum Gasteiger partial charge on any atom is -0.315 e. The molecule has 3 aromatic heterocycles. The van der Waals surface area contributed by atoms with E-state index in [-0.39, 0.29) is 0 Å². The SMILES string of the molecule is CCc1nnc(Nc2cc([C@@H]3CCCN3Cc3cccnc3)nc(C)n2)s1. The first kappa shape index (κ1) is 17.9. The predicted molar refractivity (Wildman–Crippen MR) is 106 cm³/mol. The fourth-order valence-electron chi connectivity index (χ4n) is 3.46. The zero-order valence-corrected chi connectivity index (χ0v) is 16.4. The highest BCUT2D eigenvalue weighted by atomic mass is 32.1. The second kappa shape index (κ2) is 8.06. The van der Waals surface area contributed by atoms with Crippen molar-refractivity contribution in [1.82, 2.24) is 30.0 Å². The van der Waals surface area contributed by atoms with Crippen molar-refractivity contribution in [3.8, 4) is 0 Å². The second-order valence-corrected chi connectivity index (χ2v) is 7.76. The van der Waals surface area contributed by atoms with E-state index in [9.17, 15) is 0 Å². The molecule has 1 aliphatic rings. The van der Waals surface area contributed by atoms with E-state index >= 15 is 0 Å². The Bertz CT molecular complexity index is 896. The van der Waals surface area contributed by atoms with Crippen LogP contribution in [0.3, 0.4) is 0 Å². The number of rotatable bonds is 6. The molecule has 1 aliphatic heterocycles. The number of aryl methyl sites for hydroxylation is 2. The fraction of sp³-hybridized carbons (Fsp3) is 0.421. The molecule has 27 heavy (non-hydrogen) atoms. The summed E-state index contributed by atoms with van der Waals surface area (Å²) in [5.74, 6) is 1.55. The molecule has 140 valence electrons. The van der Waals surface area contributed by atoms with Crippen molar-refractivity contribution < 1.29 is 0 Å². The van der Waals surface area contributed by atoms with Gasteiger partial charge in [-0.05, 0) is 44.4 Å². The van der Waals surface area contributed by atoms with Crippen LogP contribution in [0.5, 0.6) is 0 Å². The highest BCUT2D eigenvalue weighted by Gasteiger charge is 2.28. The van der Waals surface area contributed by atoms with E-state index in [0.29, 0.717) is 6.04 Å². The molecule has 0 amide bonds. The fourth-order valence-corrected chi connectivity index (χ4v) is 4.14. The van der Waals surface area contributed by atoms with Gasteiger partial charge < -0.3 is 5.32 Å². The van der Waals surface area contributed by atoms with Crippen LogP contribution in [0.25, 0.3) is 0 Å². The Balaban J connectivity index is 1.54. The number of anilines is 2.